The number of hydrogen-bond donors (Lipinski definition) is 2. The molecule has 1 heterocycles. The summed E-state index contributed by atoms with van der Waals surface area (Å²) in [6.07, 6.45) is 7.24. The lowest BCUT2D eigenvalue weighted by atomic mass is 9.91. The predicted octanol–water partition coefficient (Wildman–Crippen LogP) is 1.41. The Morgan fingerprint density at radius 1 is 1.33 bits per heavy atom. The Hall–Kier alpha value is -0.120. The van der Waals surface area contributed by atoms with Crippen LogP contribution in [0.25, 0.3) is 0 Å². The summed E-state index contributed by atoms with van der Waals surface area (Å²) in [5.41, 5.74) is 5.99. The molecule has 0 aromatic rings. The van der Waals surface area contributed by atoms with Gasteiger partial charge in [0.05, 0.1) is 5.60 Å². The zero-order valence-corrected chi connectivity index (χ0v) is 9.80. The van der Waals surface area contributed by atoms with Crippen molar-refractivity contribution in [3.8, 4) is 0 Å². The van der Waals surface area contributed by atoms with Gasteiger partial charge < -0.3 is 15.8 Å². The molecule has 0 radical (unpaired) electrons. The fraction of sp³-hybridized carbons (Fsp3) is 1.00. The van der Waals surface area contributed by atoms with Gasteiger partial charge in [0.1, 0.15) is 0 Å². The van der Waals surface area contributed by atoms with E-state index in [2.05, 4.69) is 12.2 Å². The van der Waals surface area contributed by atoms with Crippen molar-refractivity contribution in [1.82, 2.24) is 5.32 Å². The molecule has 3 heteroatoms. The number of rotatable bonds is 3. The zero-order chi connectivity index (χ0) is 10.7. The highest BCUT2D eigenvalue weighted by Gasteiger charge is 2.30. The molecule has 2 aliphatic rings. The van der Waals surface area contributed by atoms with Gasteiger partial charge >= 0.3 is 0 Å². The third-order valence-corrected chi connectivity index (χ3v) is 3.84. The van der Waals surface area contributed by atoms with Crippen LogP contribution in [-0.2, 0) is 4.74 Å². The van der Waals surface area contributed by atoms with Gasteiger partial charge in [-0.1, -0.05) is 0 Å². The third-order valence-electron chi connectivity index (χ3n) is 3.84. The van der Waals surface area contributed by atoms with Gasteiger partial charge in [-0.25, -0.2) is 0 Å². The second kappa shape index (κ2) is 4.81. The summed E-state index contributed by atoms with van der Waals surface area (Å²) in [6.45, 7) is 4.17. The molecule has 1 atom stereocenters. The van der Waals surface area contributed by atoms with E-state index in [1.165, 1.54) is 38.5 Å². The van der Waals surface area contributed by atoms with Crippen LogP contribution in [0.3, 0.4) is 0 Å². The number of ether oxygens (including phenoxy) is 1. The van der Waals surface area contributed by atoms with E-state index in [4.69, 9.17) is 10.5 Å². The van der Waals surface area contributed by atoms with Crippen LogP contribution in [0.5, 0.6) is 0 Å². The minimum atomic E-state index is 0.0968. The summed E-state index contributed by atoms with van der Waals surface area (Å²) in [5, 5.41) is 3.64. The Bertz CT molecular complexity index is 194. The Labute approximate surface area is 92.7 Å². The summed E-state index contributed by atoms with van der Waals surface area (Å²) in [7, 11) is 0. The maximum atomic E-state index is 5.89. The standard InChI is InChI=1S/C12H24N2O/c1-12(7-2-8-15-12)9-14-11-5-3-10(13)4-6-11/h10-11,14H,2-9,13H2,1H3. The smallest absolute Gasteiger partial charge is 0.0779 e. The molecule has 0 aromatic carbocycles. The molecule has 3 nitrogen and oxygen atoms in total. The van der Waals surface area contributed by atoms with Crippen LogP contribution in [-0.4, -0.2) is 30.8 Å². The van der Waals surface area contributed by atoms with Crippen LogP contribution in [0.1, 0.15) is 45.4 Å². The van der Waals surface area contributed by atoms with Crippen LogP contribution in [0.15, 0.2) is 0 Å². The molecule has 1 unspecified atom stereocenters. The van der Waals surface area contributed by atoms with Crippen molar-refractivity contribution in [2.24, 2.45) is 5.73 Å². The van der Waals surface area contributed by atoms with Crippen LogP contribution >= 0.6 is 0 Å². The molecular weight excluding hydrogens is 188 g/mol. The van der Waals surface area contributed by atoms with Gasteiger partial charge in [0, 0.05) is 25.2 Å². The van der Waals surface area contributed by atoms with Crippen molar-refractivity contribution in [2.75, 3.05) is 13.2 Å². The van der Waals surface area contributed by atoms with Crippen molar-refractivity contribution in [1.29, 1.82) is 0 Å². The van der Waals surface area contributed by atoms with Crippen LogP contribution in [0.4, 0.5) is 0 Å². The maximum Gasteiger partial charge on any atom is 0.0779 e. The first-order valence-corrected chi connectivity index (χ1v) is 6.31. The molecule has 3 N–H and O–H groups in total. The van der Waals surface area contributed by atoms with Crippen LogP contribution < -0.4 is 11.1 Å². The fourth-order valence-corrected chi connectivity index (χ4v) is 2.66. The molecule has 15 heavy (non-hydrogen) atoms. The molecule has 0 amide bonds. The lowest BCUT2D eigenvalue weighted by molar-refractivity contribution is 0.0177. The summed E-state index contributed by atoms with van der Waals surface area (Å²) in [6, 6.07) is 1.12. The molecular formula is C12H24N2O. The molecule has 0 spiro atoms. The quantitative estimate of drug-likeness (QED) is 0.743. The molecule has 1 saturated heterocycles. The van der Waals surface area contributed by atoms with Gasteiger partial charge in [-0.3, -0.25) is 0 Å². The van der Waals surface area contributed by atoms with E-state index in [9.17, 15) is 0 Å². The molecule has 2 rings (SSSR count). The van der Waals surface area contributed by atoms with Gasteiger partial charge in [-0.2, -0.15) is 0 Å². The van der Waals surface area contributed by atoms with E-state index in [1.54, 1.807) is 0 Å². The van der Waals surface area contributed by atoms with E-state index in [0.29, 0.717) is 12.1 Å². The zero-order valence-electron chi connectivity index (χ0n) is 9.80. The fourth-order valence-electron chi connectivity index (χ4n) is 2.66. The summed E-state index contributed by atoms with van der Waals surface area (Å²) in [4.78, 5) is 0. The van der Waals surface area contributed by atoms with E-state index in [1.807, 2.05) is 0 Å². The second-order valence-electron chi connectivity index (χ2n) is 5.39. The highest BCUT2D eigenvalue weighted by atomic mass is 16.5. The minimum absolute atomic E-state index is 0.0968. The van der Waals surface area contributed by atoms with Gasteiger partial charge in [0.15, 0.2) is 0 Å². The van der Waals surface area contributed by atoms with Gasteiger partial charge in [0.25, 0.3) is 0 Å². The molecule has 1 aliphatic carbocycles. The van der Waals surface area contributed by atoms with Gasteiger partial charge in [0.2, 0.25) is 0 Å². The highest BCUT2D eigenvalue weighted by molar-refractivity contribution is 4.86. The molecule has 88 valence electrons. The second-order valence-corrected chi connectivity index (χ2v) is 5.39. The van der Waals surface area contributed by atoms with E-state index >= 15 is 0 Å². The Morgan fingerprint density at radius 2 is 2.07 bits per heavy atom. The van der Waals surface area contributed by atoms with Crippen molar-refractivity contribution < 1.29 is 4.74 Å². The summed E-state index contributed by atoms with van der Waals surface area (Å²) in [5.74, 6) is 0. The van der Waals surface area contributed by atoms with Gasteiger partial charge in [-0.15, -0.1) is 0 Å². The van der Waals surface area contributed by atoms with Gasteiger partial charge in [-0.05, 0) is 45.4 Å². The van der Waals surface area contributed by atoms with Crippen molar-refractivity contribution in [2.45, 2.75) is 63.1 Å². The van der Waals surface area contributed by atoms with E-state index in [0.717, 1.165) is 13.2 Å². The third kappa shape index (κ3) is 3.16. The first-order valence-electron chi connectivity index (χ1n) is 6.31. The first-order chi connectivity index (χ1) is 7.18. The predicted molar refractivity (Wildman–Crippen MR) is 61.8 cm³/mol. The monoisotopic (exact) mass is 212 g/mol. The minimum Gasteiger partial charge on any atom is -0.374 e. The lowest BCUT2D eigenvalue weighted by Gasteiger charge is -2.31. The summed E-state index contributed by atoms with van der Waals surface area (Å²) < 4.78 is 5.77. The molecule has 1 saturated carbocycles. The van der Waals surface area contributed by atoms with Crippen molar-refractivity contribution >= 4 is 0 Å². The number of hydrogen-bond acceptors (Lipinski definition) is 3. The average molecular weight is 212 g/mol. The number of nitrogens with two attached hydrogens (primary N) is 1. The maximum absolute atomic E-state index is 5.89. The Morgan fingerprint density at radius 3 is 2.67 bits per heavy atom. The molecule has 0 aromatic heterocycles. The lowest BCUT2D eigenvalue weighted by Crippen LogP contribution is -2.44. The first kappa shape index (κ1) is 11.4. The Kier molecular flexibility index (Phi) is 3.65. The van der Waals surface area contributed by atoms with E-state index < -0.39 is 0 Å². The van der Waals surface area contributed by atoms with Crippen LogP contribution in [0, 0.1) is 0 Å². The van der Waals surface area contributed by atoms with E-state index in [-0.39, 0.29) is 5.60 Å². The normalized spacial score (nSPS) is 42.0. The molecule has 0 bridgehead atoms. The van der Waals surface area contributed by atoms with Crippen LogP contribution in [0.2, 0.25) is 0 Å². The number of nitrogens with one attached hydrogen (secondary N) is 1. The van der Waals surface area contributed by atoms with Crippen molar-refractivity contribution in [3.05, 3.63) is 0 Å². The molecule has 1 aliphatic heterocycles. The molecule has 2 fully saturated rings. The average Bonchev–Trinajstić information content (AvgIpc) is 2.65. The highest BCUT2D eigenvalue weighted by Crippen LogP contribution is 2.25. The Balaban J connectivity index is 1.69. The SMILES string of the molecule is CC1(CNC2CCC(N)CC2)CCCO1. The summed E-state index contributed by atoms with van der Waals surface area (Å²) >= 11 is 0. The largest absolute Gasteiger partial charge is 0.374 e. The van der Waals surface area contributed by atoms with Crippen molar-refractivity contribution in [3.63, 3.8) is 0 Å². The topological polar surface area (TPSA) is 47.3 Å².